The minimum absolute atomic E-state index is 0.586. The van der Waals surface area contributed by atoms with Crippen LogP contribution in [0.2, 0.25) is 0 Å². The summed E-state index contributed by atoms with van der Waals surface area (Å²) in [4.78, 5) is 5.15. The van der Waals surface area contributed by atoms with Crippen molar-refractivity contribution in [2.45, 2.75) is 18.4 Å². The molecule has 2 heterocycles. The quantitative estimate of drug-likeness (QED) is 0.765. The van der Waals surface area contributed by atoms with Gasteiger partial charge in [-0.1, -0.05) is 11.3 Å². The third-order valence-electron chi connectivity index (χ3n) is 2.43. The van der Waals surface area contributed by atoms with Gasteiger partial charge in [0.2, 0.25) is 0 Å². The van der Waals surface area contributed by atoms with Crippen LogP contribution in [-0.4, -0.2) is 35.9 Å². The number of hydrogen-bond donors (Lipinski definition) is 2. The number of thiazole rings is 1. The van der Waals surface area contributed by atoms with Crippen molar-refractivity contribution in [3.05, 3.63) is 11.1 Å². The number of β-amino-alcohol motifs (C(OH)–C–C–N with tert-alkyl or cyclic N) is 1. The van der Waals surface area contributed by atoms with Crippen LogP contribution < -0.4 is 10.1 Å². The fraction of sp³-hybridized carbons (Fsp3) is 0.667. The van der Waals surface area contributed by atoms with Crippen molar-refractivity contribution in [1.82, 2.24) is 10.3 Å². The molecule has 0 radical (unpaired) electrons. The molecule has 0 amide bonds. The summed E-state index contributed by atoms with van der Waals surface area (Å²) in [5.41, 5.74) is -0.586. The average molecular weight is 214 g/mol. The summed E-state index contributed by atoms with van der Waals surface area (Å²) in [6, 6.07) is 0. The molecule has 1 saturated heterocycles. The first-order valence-electron chi connectivity index (χ1n) is 4.64. The standard InChI is InChI=1S/C9H14N2O2S/c1-13-8-11-5-7(14-8)4-9(12)2-3-10-6-9/h5,10,12H,2-4,6H2,1H3. The van der Waals surface area contributed by atoms with Crippen molar-refractivity contribution in [1.29, 1.82) is 0 Å². The molecule has 4 nitrogen and oxygen atoms in total. The molecule has 14 heavy (non-hydrogen) atoms. The van der Waals surface area contributed by atoms with Crippen LogP contribution in [0.15, 0.2) is 6.20 Å². The molecule has 5 heteroatoms. The summed E-state index contributed by atoms with van der Waals surface area (Å²) in [5.74, 6) is 0. The predicted molar refractivity (Wildman–Crippen MR) is 54.8 cm³/mol. The highest BCUT2D eigenvalue weighted by Crippen LogP contribution is 2.26. The van der Waals surface area contributed by atoms with Gasteiger partial charge in [0.15, 0.2) is 0 Å². The Morgan fingerprint density at radius 3 is 3.21 bits per heavy atom. The van der Waals surface area contributed by atoms with Crippen molar-refractivity contribution < 1.29 is 9.84 Å². The molecule has 2 N–H and O–H groups in total. The zero-order chi connectivity index (χ0) is 10.0. The third-order valence-corrected chi connectivity index (χ3v) is 3.39. The van der Waals surface area contributed by atoms with Gasteiger partial charge in [-0.2, -0.15) is 0 Å². The molecule has 0 aromatic carbocycles. The first kappa shape index (κ1) is 9.89. The molecule has 1 aliphatic rings. The predicted octanol–water partition coefficient (Wildman–Crippen LogP) is 0.419. The van der Waals surface area contributed by atoms with E-state index in [1.165, 1.54) is 11.3 Å². The third kappa shape index (κ3) is 2.05. The Kier molecular flexibility index (Phi) is 2.71. The van der Waals surface area contributed by atoms with Crippen molar-refractivity contribution in [3.63, 3.8) is 0 Å². The molecule has 1 aromatic heterocycles. The van der Waals surface area contributed by atoms with Crippen LogP contribution >= 0.6 is 11.3 Å². The monoisotopic (exact) mass is 214 g/mol. The number of aromatic nitrogens is 1. The van der Waals surface area contributed by atoms with Gasteiger partial charge < -0.3 is 15.2 Å². The number of nitrogens with zero attached hydrogens (tertiary/aromatic N) is 1. The molecule has 0 bridgehead atoms. The lowest BCUT2D eigenvalue weighted by molar-refractivity contribution is 0.0627. The maximum atomic E-state index is 10.1. The van der Waals surface area contributed by atoms with E-state index in [0.29, 0.717) is 18.2 Å². The Labute approximate surface area is 86.9 Å². The number of rotatable bonds is 3. The summed E-state index contributed by atoms with van der Waals surface area (Å²) in [5, 5.41) is 13.9. The molecule has 0 spiro atoms. The largest absolute Gasteiger partial charge is 0.473 e. The molecule has 1 atom stereocenters. The van der Waals surface area contributed by atoms with Crippen LogP contribution in [0.3, 0.4) is 0 Å². The van der Waals surface area contributed by atoms with E-state index in [1.54, 1.807) is 13.3 Å². The molecule has 0 aliphatic carbocycles. The lowest BCUT2D eigenvalue weighted by atomic mass is 9.98. The molecule has 1 fully saturated rings. The van der Waals surface area contributed by atoms with Gasteiger partial charge in [0.1, 0.15) is 0 Å². The van der Waals surface area contributed by atoms with Crippen molar-refractivity contribution in [2.24, 2.45) is 0 Å². The SMILES string of the molecule is COc1ncc(CC2(O)CCNC2)s1. The van der Waals surface area contributed by atoms with E-state index >= 15 is 0 Å². The summed E-state index contributed by atoms with van der Waals surface area (Å²) in [6.07, 6.45) is 3.26. The van der Waals surface area contributed by atoms with E-state index in [0.717, 1.165) is 17.8 Å². The minimum Gasteiger partial charge on any atom is -0.473 e. The van der Waals surface area contributed by atoms with E-state index in [9.17, 15) is 5.11 Å². The van der Waals surface area contributed by atoms with Gasteiger partial charge in [0.05, 0.1) is 12.7 Å². The van der Waals surface area contributed by atoms with Gasteiger partial charge in [0.25, 0.3) is 5.19 Å². The van der Waals surface area contributed by atoms with Crippen molar-refractivity contribution in [2.75, 3.05) is 20.2 Å². The van der Waals surface area contributed by atoms with Gasteiger partial charge >= 0.3 is 0 Å². The van der Waals surface area contributed by atoms with Crippen molar-refractivity contribution >= 4 is 11.3 Å². The molecule has 1 aromatic rings. The second-order valence-electron chi connectivity index (χ2n) is 3.62. The Morgan fingerprint density at radius 1 is 1.79 bits per heavy atom. The van der Waals surface area contributed by atoms with E-state index < -0.39 is 5.60 Å². The second kappa shape index (κ2) is 3.84. The Bertz CT molecular complexity index is 308. The van der Waals surface area contributed by atoms with E-state index in [4.69, 9.17) is 4.74 Å². The summed E-state index contributed by atoms with van der Waals surface area (Å²) >= 11 is 1.50. The highest BCUT2D eigenvalue weighted by molar-refractivity contribution is 7.13. The highest BCUT2D eigenvalue weighted by atomic mass is 32.1. The molecular formula is C9H14N2O2S. The first-order valence-corrected chi connectivity index (χ1v) is 5.45. The van der Waals surface area contributed by atoms with E-state index in [1.807, 2.05) is 0 Å². The zero-order valence-electron chi connectivity index (χ0n) is 8.12. The maximum absolute atomic E-state index is 10.1. The van der Waals surface area contributed by atoms with Gasteiger partial charge in [-0.05, 0) is 13.0 Å². The summed E-state index contributed by atoms with van der Waals surface area (Å²) in [7, 11) is 1.61. The Hall–Kier alpha value is -0.650. The fourth-order valence-electron chi connectivity index (χ4n) is 1.67. The fourth-order valence-corrected chi connectivity index (χ4v) is 2.53. The number of methoxy groups -OCH3 is 1. The van der Waals surface area contributed by atoms with Gasteiger partial charge in [-0.3, -0.25) is 0 Å². The highest BCUT2D eigenvalue weighted by Gasteiger charge is 2.31. The molecule has 1 unspecified atom stereocenters. The minimum atomic E-state index is -0.586. The maximum Gasteiger partial charge on any atom is 0.273 e. The molecular weight excluding hydrogens is 200 g/mol. The topological polar surface area (TPSA) is 54.4 Å². The number of ether oxygens (including phenoxy) is 1. The second-order valence-corrected chi connectivity index (χ2v) is 4.70. The normalized spacial score (nSPS) is 26.7. The Morgan fingerprint density at radius 2 is 2.64 bits per heavy atom. The molecule has 1 aliphatic heterocycles. The van der Waals surface area contributed by atoms with Crippen LogP contribution in [-0.2, 0) is 6.42 Å². The van der Waals surface area contributed by atoms with Gasteiger partial charge in [-0.15, -0.1) is 0 Å². The van der Waals surface area contributed by atoms with Crippen LogP contribution in [0, 0.1) is 0 Å². The molecule has 0 saturated carbocycles. The van der Waals surface area contributed by atoms with E-state index in [2.05, 4.69) is 10.3 Å². The van der Waals surface area contributed by atoms with Crippen LogP contribution in [0.5, 0.6) is 5.19 Å². The van der Waals surface area contributed by atoms with Crippen LogP contribution in [0.4, 0.5) is 0 Å². The summed E-state index contributed by atoms with van der Waals surface area (Å²) < 4.78 is 5.00. The average Bonchev–Trinajstić information content (AvgIpc) is 2.75. The van der Waals surface area contributed by atoms with E-state index in [-0.39, 0.29) is 0 Å². The Balaban J connectivity index is 2.02. The summed E-state index contributed by atoms with van der Waals surface area (Å²) in [6.45, 7) is 1.57. The lowest BCUT2D eigenvalue weighted by Crippen LogP contribution is -2.33. The number of nitrogens with one attached hydrogen (secondary N) is 1. The number of aliphatic hydroxyl groups is 1. The smallest absolute Gasteiger partial charge is 0.273 e. The molecule has 2 rings (SSSR count). The van der Waals surface area contributed by atoms with Crippen LogP contribution in [0.25, 0.3) is 0 Å². The zero-order valence-corrected chi connectivity index (χ0v) is 8.93. The van der Waals surface area contributed by atoms with Gasteiger partial charge in [0, 0.05) is 24.0 Å². The molecule has 78 valence electrons. The lowest BCUT2D eigenvalue weighted by Gasteiger charge is -2.19. The van der Waals surface area contributed by atoms with Crippen molar-refractivity contribution in [3.8, 4) is 5.19 Å². The van der Waals surface area contributed by atoms with Crippen LogP contribution in [0.1, 0.15) is 11.3 Å². The number of hydrogen-bond acceptors (Lipinski definition) is 5. The van der Waals surface area contributed by atoms with Gasteiger partial charge in [-0.25, -0.2) is 4.98 Å². The first-order chi connectivity index (χ1) is 6.72.